The Morgan fingerprint density at radius 1 is 0.857 bits per heavy atom. The highest BCUT2D eigenvalue weighted by molar-refractivity contribution is 5.66. The van der Waals surface area contributed by atoms with E-state index in [0.29, 0.717) is 6.42 Å². The number of nitrogens with zero attached hydrogens (tertiary/aromatic N) is 1. The molecular formula is C18H39NO2. The standard InChI is InChI=1S/C12H27N.C6H12O2/c1-10(2)7-13(8-11(3)4)9-12(5)6;1-2-3-4-5-6(7)8/h10-12H,7-9H2,1-6H3;2-5H2,1H3,(H,7,8). The third-order valence-electron chi connectivity index (χ3n) is 2.86. The maximum absolute atomic E-state index is 9.87. The molecule has 3 nitrogen and oxygen atoms in total. The first kappa shape index (κ1) is 22.7. The minimum atomic E-state index is -0.682. The number of carboxylic acids is 1. The highest BCUT2D eigenvalue weighted by atomic mass is 16.4. The summed E-state index contributed by atoms with van der Waals surface area (Å²) in [5, 5.41) is 8.14. The molecule has 128 valence electrons. The number of unbranched alkanes of at least 4 members (excludes halogenated alkanes) is 2. The van der Waals surface area contributed by atoms with Crippen molar-refractivity contribution in [3.05, 3.63) is 0 Å². The van der Waals surface area contributed by atoms with Gasteiger partial charge in [-0.1, -0.05) is 61.3 Å². The summed E-state index contributed by atoms with van der Waals surface area (Å²) in [7, 11) is 0. The van der Waals surface area contributed by atoms with Gasteiger partial charge in [0.1, 0.15) is 0 Å². The first-order chi connectivity index (χ1) is 9.68. The fraction of sp³-hybridized carbons (Fsp3) is 0.944. The normalized spacial score (nSPS) is 11.2. The monoisotopic (exact) mass is 301 g/mol. The number of aliphatic carboxylic acids is 1. The lowest BCUT2D eigenvalue weighted by molar-refractivity contribution is -0.137. The van der Waals surface area contributed by atoms with Crippen LogP contribution < -0.4 is 0 Å². The van der Waals surface area contributed by atoms with E-state index in [9.17, 15) is 4.79 Å². The Hall–Kier alpha value is -0.570. The lowest BCUT2D eigenvalue weighted by atomic mass is 10.1. The van der Waals surface area contributed by atoms with Crippen LogP contribution in [0.25, 0.3) is 0 Å². The SMILES string of the molecule is CC(C)CN(CC(C)C)CC(C)C.CCCCCC(=O)O. The van der Waals surface area contributed by atoms with Gasteiger partial charge in [-0.05, 0) is 24.2 Å². The van der Waals surface area contributed by atoms with Crippen LogP contribution in [0, 0.1) is 17.8 Å². The van der Waals surface area contributed by atoms with Gasteiger partial charge in [-0.3, -0.25) is 4.79 Å². The van der Waals surface area contributed by atoms with Gasteiger partial charge >= 0.3 is 5.97 Å². The van der Waals surface area contributed by atoms with Crippen molar-refractivity contribution in [2.45, 2.75) is 74.1 Å². The number of carbonyl (C=O) groups is 1. The summed E-state index contributed by atoms with van der Waals surface area (Å²) in [5.41, 5.74) is 0. The van der Waals surface area contributed by atoms with E-state index in [2.05, 4.69) is 53.4 Å². The summed E-state index contributed by atoms with van der Waals surface area (Å²) in [6, 6.07) is 0. The largest absolute Gasteiger partial charge is 0.481 e. The average Bonchev–Trinajstić information content (AvgIpc) is 2.26. The molecule has 21 heavy (non-hydrogen) atoms. The summed E-state index contributed by atoms with van der Waals surface area (Å²) in [6.45, 7) is 19.6. The van der Waals surface area contributed by atoms with E-state index in [4.69, 9.17) is 5.11 Å². The summed E-state index contributed by atoms with van der Waals surface area (Å²) in [5.74, 6) is 1.69. The van der Waals surface area contributed by atoms with E-state index in [1.54, 1.807) is 0 Å². The van der Waals surface area contributed by atoms with Gasteiger partial charge in [0.2, 0.25) is 0 Å². The third-order valence-corrected chi connectivity index (χ3v) is 2.86. The molecular weight excluding hydrogens is 262 g/mol. The maximum atomic E-state index is 9.87. The van der Waals surface area contributed by atoms with E-state index >= 15 is 0 Å². The molecule has 0 fully saturated rings. The van der Waals surface area contributed by atoms with Gasteiger partial charge < -0.3 is 10.0 Å². The average molecular weight is 302 g/mol. The van der Waals surface area contributed by atoms with E-state index < -0.39 is 5.97 Å². The molecule has 0 aliphatic heterocycles. The van der Waals surface area contributed by atoms with Crippen molar-refractivity contribution in [1.82, 2.24) is 4.90 Å². The molecule has 0 aromatic heterocycles. The predicted octanol–water partition coefficient (Wildman–Crippen LogP) is 4.91. The molecule has 0 heterocycles. The highest BCUT2D eigenvalue weighted by Crippen LogP contribution is 2.06. The Morgan fingerprint density at radius 2 is 1.24 bits per heavy atom. The van der Waals surface area contributed by atoms with Gasteiger partial charge in [0, 0.05) is 26.1 Å². The number of rotatable bonds is 10. The van der Waals surface area contributed by atoms with Gasteiger partial charge in [0.15, 0.2) is 0 Å². The molecule has 0 spiro atoms. The molecule has 0 rings (SSSR count). The lowest BCUT2D eigenvalue weighted by Gasteiger charge is -2.27. The quantitative estimate of drug-likeness (QED) is 0.583. The summed E-state index contributed by atoms with van der Waals surface area (Å²) in [6.07, 6.45) is 3.28. The second-order valence-corrected chi connectivity index (χ2v) is 7.25. The van der Waals surface area contributed by atoms with Crippen molar-refractivity contribution in [1.29, 1.82) is 0 Å². The van der Waals surface area contributed by atoms with Crippen molar-refractivity contribution in [2.75, 3.05) is 19.6 Å². The lowest BCUT2D eigenvalue weighted by Crippen LogP contribution is -2.34. The van der Waals surface area contributed by atoms with E-state index in [-0.39, 0.29) is 0 Å². The van der Waals surface area contributed by atoms with Crippen LogP contribution in [0.2, 0.25) is 0 Å². The molecule has 0 aromatic carbocycles. The Labute approximate surface area is 133 Å². The Balaban J connectivity index is 0. The van der Waals surface area contributed by atoms with Crippen LogP contribution in [0.3, 0.4) is 0 Å². The molecule has 0 atom stereocenters. The van der Waals surface area contributed by atoms with Crippen molar-refractivity contribution in [2.24, 2.45) is 17.8 Å². The zero-order valence-electron chi connectivity index (χ0n) is 15.5. The van der Waals surface area contributed by atoms with Crippen molar-refractivity contribution in [3.63, 3.8) is 0 Å². The molecule has 0 unspecified atom stereocenters. The molecule has 0 radical (unpaired) electrons. The molecule has 0 bridgehead atoms. The van der Waals surface area contributed by atoms with E-state index in [1.807, 2.05) is 0 Å². The maximum Gasteiger partial charge on any atom is 0.303 e. The van der Waals surface area contributed by atoms with E-state index in [0.717, 1.165) is 37.0 Å². The smallest absolute Gasteiger partial charge is 0.303 e. The van der Waals surface area contributed by atoms with Gasteiger partial charge in [0.05, 0.1) is 0 Å². The van der Waals surface area contributed by atoms with Crippen LogP contribution in [-0.4, -0.2) is 35.6 Å². The van der Waals surface area contributed by atoms with Crippen LogP contribution in [0.4, 0.5) is 0 Å². The Kier molecular flexibility index (Phi) is 15.5. The second-order valence-electron chi connectivity index (χ2n) is 7.25. The first-order valence-corrected chi connectivity index (χ1v) is 8.63. The molecule has 0 aliphatic carbocycles. The van der Waals surface area contributed by atoms with Crippen LogP contribution in [0.5, 0.6) is 0 Å². The molecule has 0 aliphatic rings. The number of hydrogen-bond acceptors (Lipinski definition) is 2. The molecule has 1 N–H and O–H groups in total. The van der Waals surface area contributed by atoms with Crippen LogP contribution in [0.1, 0.15) is 74.1 Å². The minimum Gasteiger partial charge on any atom is -0.481 e. The predicted molar refractivity (Wildman–Crippen MR) is 92.7 cm³/mol. The van der Waals surface area contributed by atoms with E-state index in [1.165, 1.54) is 19.6 Å². The molecule has 0 amide bonds. The Bertz CT molecular complexity index is 214. The van der Waals surface area contributed by atoms with Gasteiger partial charge in [0.25, 0.3) is 0 Å². The minimum absolute atomic E-state index is 0.327. The molecule has 0 saturated carbocycles. The Morgan fingerprint density at radius 3 is 1.48 bits per heavy atom. The van der Waals surface area contributed by atoms with Crippen molar-refractivity contribution >= 4 is 5.97 Å². The molecule has 0 saturated heterocycles. The van der Waals surface area contributed by atoms with Crippen molar-refractivity contribution < 1.29 is 9.90 Å². The number of carboxylic acid groups (broad SMARTS) is 1. The van der Waals surface area contributed by atoms with Gasteiger partial charge in [-0.2, -0.15) is 0 Å². The highest BCUT2D eigenvalue weighted by Gasteiger charge is 2.10. The third kappa shape index (κ3) is 21.9. The van der Waals surface area contributed by atoms with Crippen LogP contribution in [-0.2, 0) is 4.79 Å². The van der Waals surface area contributed by atoms with Gasteiger partial charge in [-0.25, -0.2) is 0 Å². The molecule has 0 aromatic rings. The summed E-state index contributed by atoms with van der Waals surface area (Å²) >= 11 is 0. The fourth-order valence-corrected chi connectivity index (χ4v) is 2.30. The zero-order chi connectivity index (χ0) is 16.8. The second kappa shape index (κ2) is 14.4. The first-order valence-electron chi connectivity index (χ1n) is 8.63. The fourth-order valence-electron chi connectivity index (χ4n) is 2.30. The van der Waals surface area contributed by atoms with Crippen molar-refractivity contribution in [3.8, 4) is 0 Å². The van der Waals surface area contributed by atoms with Crippen LogP contribution in [0.15, 0.2) is 0 Å². The molecule has 3 heteroatoms. The number of hydrogen-bond donors (Lipinski definition) is 1. The zero-order valence-corrected chi connectivity index (χ0v) is 15.5. The summed E-state index contributed by atoms with van der Waals surface area (Å²) in [4.78, 5) is 12.5. The topological polar surface area (TPSA) is 40.5 Å². The van der Waals surface area contributed by atoms with Crippen LogP contribution >= 0.6 is 0 Å². The summed E-state index contributed by atoms with van der Waals surface area (Å²) < 4.78 is 0. The van der Waals surface area contributed by atoms with Gasteiger partial charge in [-0.15, -0.1) is 0 Å².